The molecule has 58 heavy (non-hydrogen) atoms. The van der Waals surface area contributed by atoms with Gasteiger partial charge in [0, 0.05) is 49.1 Å². The quantitative estimate of drug-likeness (QED) is 0.168. The number of nitrogens with zero attached hydrogens (tertiary/aromatic N) is 1. The average Bonchev–Trinajstić information content (AvgIpc) is 4.03. The van der Waals surface area contributed by atoms with Crippen molar-refractivity contribution in [3.8, 4) is 61.3 Å². The number of para-hydroxylation sites is 4. The fourth-order valence-corrected chi connectivity index (χ4v) is 10.6. The van der Waals surface area contributed by atoms with Crippen LogP contribution in [0, 0.1) is 0 Å². The largest absolute Gasteiger partial charge is 0.456 e. The van der Waals surface area contributed by atoms with Gasteiger partial charge in [0.25, 0.3) is 0 Å². The lowest BCUT2D eigenvalue weighted by molar-refractivity contribution is 0.668. The molecule has 0 saturated heterocycles. The van der Waals surface area contributed by atoms with E-state index in [0.717, 1.165) is 56.0 Å². The van der Waals surface area contributed by atoms with E-state index in [0.29, 0.717) is 0 Å². The zero-order valence-electron chi connectivity index (χ0n) is 31.2. The fourth-order valence-electron chi connectivity index (χ4n) is 10.6. The van der Waals surface area contributed by atoms with Crippen LogP contribution in [0.2, 0.25) is 0 Å². The molecule has 3 heterocycles. The van der Waals surface area contributed by atoms with Crippen molar-refractivity contribution in [2.75, 3.05) is 0 Å². The summed E-state index contributed by atoms with van der Waals surface area (Å²) in [7, 11) is 0. The van der Waals surface area contributed by atoms with Gasteiger partial charge in [-0.3, -0.25) is 0 Å². The van der Waals surface area contributed by atoms with Gasteiger partial charge in [0.1, 0.15) is 22.3 Å². The summed E-state index contributed by atoms with van der Waals surface area (Å²) in [6.07, 6.45) is 0.908. The summed E-state index contributed by atoms with van der Waals surface area (Å²) in [5.74, 6) is 0. The van der Waals surface area contributed by atoms with Crippen molar-refractivity contribution in [1.29, 1.82) is 0 Å². The first kappa shape index (κ1) is 30.6. The normalized spacial score (nSPS) is 12.8. The second kappa shape index (κ2) is 11.0. The number of benzene rings is 9. The number of furan rings is 2. The van der Waals surface area contributed by atoms with Crippen LogP contribution in [0.3, 0.4) is 0 Å². The molecule has 0 aliphatic heterocycles. The molecule has 0 atom stereocenters. The van der Waals surface area contributed by atoms with Crippen LogP contribution in [0.5, 0.6) is 0 Å². The van der Waals surface area contributed by atoms with Gasteiger partial charge < -0.3 is 13.4 Å². The van der Waals surface area contributed by atoms with Gasteiger partial charge in [0.05, 0.1) is 11.0 Å². The molecule has 14 rings (SSSR count). The SMILES string of the molecule is c1ccc(-n2c3ccccc3c3cc4c(cc32)-c2c(ccc3oc5ccccc5c23)-c2ccc3oc5ccccc5c3c2-c2cc3c(cc2-4)-c2ccccc2C3)cc1. The lowest BCUT2D eigenvalue weighted by Crippen LogP contribution is -2.00. The zero-order chi connectivity index (χ0) is 37.6. The molecular formula is C55H31NO2. The first-order chi connectivity index (χ1) is 28.8. The Morgan fingerprint density at radius 2 is 0.914 bits per heavy atom. The Bertz CT molecular complexity index is 3760. The third-order valence-electron chi connectivity index (χ3n) is 13.0. The van der Waals surface area contributed by atoms with Gasteiger partial charge in [-0.1, -0.05) is 97.1 Å². The Morgan fingerprint density at radius 1 is 0.328 bits per heavy atom. The van der Waals surface area contributed by atoms with Gasteiger partial charge in [0.15, 0.2) is 0 Å². The number of hydrogen-bond donors (Lipinski definition) is 0. The minimum atomic E-state index is 0.884. The molecule has 0 saturated carbocycles. The van der Waals surface area contributed by atoms with Crippen molar-refractivity contribution in [2.45, 2.75) is 6.42 Å². The Labute approximate surface area is 332 Å². The minimum absolute atomic E-state index is 0.884. The number of fused-ring (bicyclic) bond motifs is 22. The Morgan fingerprint density at radius 3 is 1.64 bits per heavy atom. The molecule has 0 unspecified atom stereocenters. The van der Waals surface area contributed by atoms with Crippen LogP contribution >= 0.6 is 0 Å². The summed E-state index contributed by atoms with van der Waals surface area (Å²) in [6, 6.07) is 64.5. The van der Waals surface area contributed by atoms with Gasteiger partial charge >= 0.3 is 0 Å². The molecule has 3 heteroatoms. The van der Waals surface area contributed by atoms with E-state index >= 15 is 0 Å². The van der Waals surface area contributed by atoms with E-state index in [1.54, 1.807) is 0 Å². The zero-order valence-corrected chi connectivity index (χ0v) is 31.2. The van der Waals surface area contributed by atoms with Crippen molar-refractivity contribution in [2.24, 2.45) is 0 Å². The van der Waals surface area contributed by atoms with Crippen LogP contribution in [0.15, 0.2) is 185 Å². The maximum absolute atomic E-state index is 6.69. The summed E-state index contributed by atoms with van der Waals surface area (Å²) in [5, 5.41) is 6.98. The maximum atomic E-state index is 6.69. The van der Waals surface area contributed by atoms with E-state index in [-0.39, 0.29) is 0 Å². The summed E-state index contributed by atoms with van der Waals surface area (Å²) < 4.78 is 15.8. The van der Waals surface area contributed by atoms with E-state index in [9.17, 15) is 0 Å². The minimum Gasteiger partial charge on any atom is -0.456 e. The highest BCUT2D eigenvalue weighted by atomic mass is 16.3. The monoisotopic (exact) mass is 737 g/mol. The van der Waals surface area contributed by atoms with Crippen molar-refractivity contribution >= 4 is 65.7 Å². The predicted molar refractivity (Wildman–Crippen MR) is 239 cm³/mol. The maximum Gasteiger partial charge on any atom is 0.136 e. The van der Waals surface area contributed by atoms with E-state index < -0.39 is 0 Å². The summed E-state index contributed by atoms with van der Waals surface area (Å²) in [6.45, 7) is 0. The third-order valence-corrected chi connectivity index (χ3v) is 13.0. The Balaban J connectivity index is 1.24. The predicted octanol–water partition coefficient (Wildman–Crippen LogP) is 15.1. The lowest BCUT2D eigenvalue weighted by Gasteiger charge is -2.25. The van der Waals surface area contributed by atoms with Crippen LogP contribution in [0.4, 0.5) is 0 Å². The first-order valence-corrected chi connectivity index (χ1v) is 20.0. The molecule has 9 aromatic carbocycles. The molecule has 12 aromatic rings. The number of rotatable bonds is 1. The first-order valence-electron chi connectivity index (χ1n) is 20.0. The standard InChI is InChI=1S/C55H31NO2/c1-2-13-33(14-3-1)56-46-19-9-6-16-35(46)43-29-42-41-28-40-32(26-31-12-4-5-15-34(31)40)27-44(41)52-36(22-24-50-54(52)38-17-7-10-20-48(38)57-50)37-23-25-51-55(53(37)45(42)30-47(43)56)39-18-8-11-21-49(39)58-51/h1-25,27-30H,26H2. The van der Waals surface area contributed by atoms with Crippen LogP contribution in [-0.4, -0.2) is 4.57 Å². The smallest absolute Gasteiger partial charge is 0.136 e. The molecule has 0 bridgehead atoms. The Kier molecular flexibility index (Phi) is 5.81. The highest BCUT2D eigenvalue weighted by molar-refractivity contribution is 6.25. The van der Waals surface area contributed by atoms with Gasteiger partial charge in [-0.05, 0) is 141 Å². The second-order valence-electron chi connectivity index (χ2n) is 15.9. The van der Waals surface area contributed by atoms with Gasteiger partial charge in [-0.25, -0.2) is 0 Å². The summed E-state index contributed by atoms with van der Waals surface area (Å²) >= 11 is 0. The topological polar surface area (TPSA) is 31.2 Å². The average molecular weight is 738 g/mol. The second-order valence-corrected chi connectivity index (χ2v) is 15.9. The highest BCUT2D eigenvalue weighted by Crippen LogP contribution is 2.56. The molecule has 0 N–H and O–H groups in total. The Hall–Kier alpha value is -7.62. The molecule has 0 fully saturated rings. The number of aromatic nitrogens is 1. The third kappa shape index (κ3) is 3.92. The summed E-state index contributed by atoms with van der Waals surface area (Å²) in [4.78, 5) is 0. The molecule has 2 aliphatic rings. The van der Waals surface area contributed by atoms with Crippen LogP contribution in [-0.2, 0) is 6.42 Å². The molecule has 0 radical (unpaired) electrons. The molecule has 3 nitrogen and oxygen atoms in total. The van der Waals surface area contributed by atoms with Crippen molar-refractivity contribution in [3.63, 3.8) is 0 Å². The van der Waals surface area contributed by atoms with Gasteiger partial charge in [-0.15, -0.1) is 0 Å². The number of hydrogen-bond acceptors (Lipinski definition) is 2. The fraction of sp³-hybridized carbons (Fsp3) is 0.0182. The summed E-state index contributed by atoms with van der Waals surface area (Å²) in [5.41, 5.74) is 22.0. The molecule has 0 spiro atoms. The van der Waals surface area contributed by atoms with E-state index in [2.05, 4.69) is 180 Å². The molecule has 268 valence electrons. The van der Waals surface area contributed by atoms with Gasteiger partial charge in [0.2, 0.25) is 0 Å². The van der Waals surface area contributed by atoms with Crippen molar-refractivity contribution < 1.29 is 8.83 Å². The lowest BCUT2D eigenvalue weighted by atomic mass is 9.77. The molecule has 0 amide bonds. The van der Waals surface area contributed by atoms with E-state index in [4.69, 9.17) is 8.83 Å². The van der Waals surface area contributed by atoms with Crippen LogP contribution in [0.25, 0.3) is 127 Å². The van der Waals surface area contributed by atoms with Crippen molar-refractivity contribution in [1.82, 2.24) is 4.57 Å². The van der Waals surface area contributed by atoms with E-state index in [1.165, 1.54) is 88.6 Å². The molecule has 2 aliphatic carbocycles. The van der Waals surface area contributed by atoms with Gasteiger partial charge in [-0.2, -0.15) is 0 Å². The van der Waals surface area contributed by atoms with E-state index in [1.807, 2.05) is 0 Å². The van der Waals surface area contributed by atoms with Crippen molar-refractivity contribution in [3.05, 3.63) is 187 Å². The van der Waals surface area contributed by atoms with Crippen LogP contribution in [0.1, 0.15) is 11.1 Å². The van der Waals surface area contributed by atoms with Crippen LogP contribution < -0.4 is 0 Å². The highest BCUT2D eigenvalue weighted by Gasteiger charge is 2.31. The molecule has 3 aromatic heterocycles. The molecular weight excluding hydrogens is 707 g/mol.